The lowest BCUT2D eigenvalue weighted by molar-refractivity contribution is -0.122. The van der Waals surface area contributed by atoms with E-state index in [1.54, 1.807) is 24.3 Å². The number of carbonyl (C=O) groups excluding carboxylic acids is 2. The molecule has 0 fully saturated rings. The van der Waals surface area contributed by atoms with Crippen LogP contribution in [0.5, 0.6) is 5.75 Å². The maximum Gasteiger partial charge on any atom is 0.265 e. The third-order valence-electron chi connectivity index (χ3n) is 4.80. The molecule has 1 aliphatic rings. The summed E-state index contributed by atoms with van der Waals surface area (Å²) in [5.41, 5.74) is 2.77. The minimum atomic E-state index is -0.582. The maximum absolute atomic E-state index is 12.6. The Bertz CT molecular complexity index is 1030. The highest BCUT2D eigenvalue weighted by molar-refractivity contribution is 5.98. The Balaban J connectivity index is 1.37. The Morgan fingerprint density at radius 1 is 1.14 bits per heavy atom. The minimum Gasteiger partial charge on any atom is -0.480 e. The van der Waals surface area contributed by atoms with Gasteiger partial charge in [0, 0.05) is 17.7 Å². The number of nitrogens with zero attached hydrogens (tertiary/aromatic N) is 1. The van der Waals surface area contributed by atoms with Gasteiger partial charge in [-0.2, -0.15) is 0 Å². The van der Waals surface area contributed by atoms with Gasteiger partial charge in [0.25, 0.3) is 11.8 Å². The first-order valence-electron chi connectivity index (χ1n) is 9.36. The summed E-state index contributed by atoms with van der Waals surface area (Å²) >= 11 is 0. The van der Waals surface area contributed by atoms with Gasteiger partial charge in [-0.05, 0) is 43.7 Å². The standard InChI is InChI=1S/C22H21N3O4/c1-13-14(2)28-20(24-13)12-23-21(26)16-7-5-8-17(10-16)25-22(27)19-11-15-6-3-4-9-18(15)29-19/h3-10,19H,11-12H2,1-2H3,(H,23,26)(H,25,27). The molecule has 2 amide bonds. The summed E-state index contributed by atoms with van der Waals surface area (Å²) in [5, 5.41) is 5.59. The van der Waals surface area contributed by atoms with Crippen molar-refractivity contribution < 1.29 is 18.7 Å². The first-order valence-corrected chi connectivity index (χ1v) is 9.36. The topological polar surface area (TPSA) is 93.5 Å². The lowest BCUT2D eigenvalue weighted by atomic mass is 10.1. The highest BCUT2D eigenvalue weighted by Crippen LogP contribution is 2.28. The van der Waals surface area contributed by atoms with Crippen LogP contribution in [0.2, 0.25) is 0 Å². The van der Waals surface area contributed by atoms with Gasteiger partial charge in [0.05, 0.1) is 12.2 Å². The summed E-state index contributed by atoms with van der Waals surface area (Å²) in [5.74, 6) is 1.40. The van der Waals surface area contributed by atoms with Crippen molar-refractivity contribution in [2.75, 3.05) is 5.32 Å². The Labute approximate surface area is 168 Å². The number of aromatic nitrogens is 1. The summed E-state index contributed by atoms with van der Waals surface area (Å²) in [7, 11) is 0. The molecule has 29 heavy (non-hydrogen) atoms. The summed E-state index contributed by atoms with van der Waals surface area (Å²) in [6.07, 6.45) is -0.0571. The van der Waals surface area contributed by atoms with E-state index in [0.717, 1.165) is 22.8 Å². The number of aryl methyl sites for hydroxylation is 2. The zero-order valence-corrected chi connectivity index (χ0v) is 16.2. The zero-order chi connectivity index (χ0) is 20.4. The number of anilines is 1. The first kappa shape index (κ1) is 18.7. The van der Waals surface area contributed by atoms with Crippen molar-refractivity contribution in [1.82, 2.24) is 10.3 Å². The summed E-state index contributed by atoms with van der Waals surface area (Å²) in [6, 6.07) is 14.4. The van der Waals surface area contributed by atoms with E-state index in [4.69, 9.17) is 9.15 Å². The molecule has 2 N–H and O–H groups in total. The van der Waals surface area contributed by atoms with Gasteiger partial charge in [0.2, 0.25) is 5.89 Å². The number of carbonyl (C=O) groups is 2. The van der Waals surface area contributed by atoms with Crippen LogP contribution in [0.25, 0.3) is 0 Å². The lowest BCUT2D eigenvalue weighted by Crippen LogP contribution is -2.31. The molecule has 7 heteroatoms. The molecule has 3 aromatic rings. The molecule has 1 unspecified atom stereocenters. The van der Waals surface area contributed by atoms with Gasteiger partial charge < -0.3 is 19.8 Å². The van der Waals surface area contributed by atoms with Crippen molar-refractivity contribution in [3.63, 3.8) is 0 Å². The predicted octanol–water partition coefficient (Wildman–Crippen LogP) is 3.16. The summed E-state index contributed by atoms with van der Waals surface area (Å²) < 4.78 is 11.2. The molecule has 0 spiro atoms. The third kappa shape index (κ3) is 4.13. The molecule has 0 saturated carbocycles. The fraction of sp³-hybridized carbons (Fsp3) is 0.227. The molecule has 0 aliphatic carbocycles. The molecule has 1 aromatic heterocycles. The molecule has 0 bridgehead atoms. The van der Waals surface area contributed by atoms with Crippen LogP contribution in [-0.2, 0) is 17.8 Å². The molecule has 1 atom stereocenters. The molecule has 7 nitrogen and oxygen atoms in total. The smallest absolute Gasteiger partial charge is 0.265 e. The second-order valence-corrected chi connectivity index (χ2v) is 6.92. The molecule has 2 aromatic carbocycles. The van der Waals surface area contributed by atoms with E-state index in [-0.39, 0.29) is 18.4 Å². The highest BCUT2D eigenvalue weighted by atomic mass is 16.5. The van der Waals surface area contributed by atoms with Crippen LogP contribution in [0.15, 0.2) is 52.9 Å². The normalized spacial score (nSPS) is 14.8. The van der Waals surface area contributed by atoms with Gasteiger partial charge in [-0.15, -0.1) is 0 Å². The molecule has 4 rings (SSSR count). The van der Waals surface area contributed by atoms with E-state index >= 15 is 0 Å². The minimum absolute atomic E-state index is 0.193. The number of oxazole rings is 1. The highest BCUT2D eigenvalue weighted by Gasteiger charge is 2.28. The van der Waals surface area contributed by atoms with Crippen molar-refractivity contribution >= 4 is 17.5 Å². The van der Waals surface area contributed by atoms with Crippen LogP contribution in [0, 0.1) is 13.8 Å². The van der Waals surface area contributed by atoms with Crippen LogP contribution in [0.4, 0.5) is 5.69 Å². The number of hydrogen-bond acceptors (Lipinski definition) is 5. The predicted molar refractivity (Wildman–Crippen MR) is 107 cm³/mol. The second-order valence-electron chi connectivity index (χ2n) is 6.92. The summed E-state index contributed by atoms with van der Waals surface area (Å²) in [6.45, 7) is 3.87. The van der Waals surface area contributed by atoms with Crippen molar-refractivity contribution in [3.05, 3.63) is 77.0 Å². The molecular weight excluding hydrogens is 370 g/mol. The number of hydrogen-bond donors (Lipinski definition) is 2. The lowest BCUT2D eigenvalue weighted by Gasteiger charge is -2.12. The molecule has 1 aliphatic heterocycles. The SMILES string of the molecule is Cc1nc(CNC(=O)c2cccc(NC(=O)C3Cc4ccccc4O3)c2)oc1C. The van der Waals surface area contributed by atoms with Gasteiger partial charge in [0.15, 0.2) is 6.10 Å². The largest absolute Gasteiger partial charge is 0.480 e. The fourth-order valence-corrected chi connectivity index (χ4v) is 3.16. The Morgan fingerprint density at radius 2 is 1.97 bits per heavy atom. The van der Waals surface area contributed by atoms with Crippen molar-refractivity contribution in [2.24, 2.45) is 0 Å². The molecule has 0 saturated heterocycles. The van der Waals surface area contributed by atoms with E-state index in [0.29, 0.717) is 23.6 Å². The van der Waals surface area contributed by atoms with Crippen LogP contribution >= 0.6 is 0 Å². The van der Waals surface area contributed by atoms with Crippen molar-refractivity contribution in [3.8, 4) is 5.75 Å². The quantitative estimate of drug-likeness (QED) is 0.697. The van der Waals surface area contributed by atoms with Crippen LogP contribution in [-0.4, -0.2) is 22.9 Å². The van der Waals surface area contributed by atoms with E-state index < -0.39 is 6.10 Å². The Morgan fingerprint density at radius 3 is 2.72 bits per heavy atom. The van der Waals surface area contributed by atoms with Crippen molar-refractivity contribution in [1.29, 1.82) is 0 Å². The van der Waals surface area contributed by atoms with Crippen LogP contribution < -0.4 is 15.4 Å². The number of nitrogens with one attached hydrogen (secondary N) is 2. The van der Waals surface area contributed by atoms with E-state index in [9.17, 15) is 9.59 Å². The van der Waals surface area contributed by atoms with E-state index in [1.807, 2.05) is 38.1 Å². The van der Waals surface area contributed by atoms with Gasteiger partial charge in [-0.25, -0.2) is 4.98 Å². The molecule has 2 heterocycles. The van der Waals surface area contributed by atoms with Crippen LogP contribution in [0.1, 0.15) is 33.3 Å². The third-order valence-corrected chi connectivity index (χ3v) is 4.80. The zero-order valence-electron chi connectivity index (χ0n) is 16.2. The maximum atomic E-state index is 12.6. The van der Waals surface area contributed by atoms with Gasteiger partial charge in [0.1, 0.15) is 11.5 Å². The van der Waals surface area contributed by atoms with Gasteiger partial charge in [-0.1, -0.05) is 24.3 Å². The molecule has 148 valence electrons. The fourth-order valence-electron chi connectivity index (χ4n) is 3.16. The van der Waals surface area contributed by atoms with Gasteiger partial charge in [-0.3, -0.25) is 9.59 Å². The van der Waals surface area contributed by atoms with Gasteiger partial charge >= 0.3 is 0 Å². The van der Waals surface area contributed by atoms with Crippen molar-refractivity contribution in [2.45, 2.75) is 32.9 Å². The number of ether oxygens (including phenoxy) is 1. The molecular formula is C22H21N3O4. The number of fused-ring (bicyclic) bond motifs is 1. The first-order chi connectivity index (χ1) is 14.0. The van der Waals surface area contributed by atoms with E-state index in [2.05, 4.69) is 15.6 Å². The molecule has 0 radical (unpaired) electrons. The van der Waals surface area contributed by atoms with E-state index in [1.165, 1.54) is 0 Å². The Kier molecular flexibility index (Phi) is 5.03. The Hall–Kier alpha value is -3.61. The number of para-hydroxylation sites is 1. The number of amides is 2. The monoisotopic (exact) mass is 391 g/mol. The summed E-state index contributed by atoms with van der Waals surface area (Å²) in [4.78, 5) is 29.2. The number of benzene rings is 2. The average Bonchev–Trinajstić information content (AvgIpc) is 3.29. The van der Waals surface area contributed by atoms with Crippen LogP contribution in [0.3, 0.4) is 0 Å². The average molecular weight is 391 g/mol. The second kappa shape index (κ2) is 7.79. The number of rotatable bonds is 5.